The van der Waals surface area contributed by atoms with Crippen LogP contribution >= 0.6 is 11.5 Å². The first-order valence-electron chi connectivity index (χ1n) is 5.92. The third kappa shape index (κ3) is 2.94. The fraction of sp³-hybridized carbons (Fsp3) is 0.727. The largest absolute Gasteiger partial charge is 0.356 e. The molecule has 1 atom stereocenters. The topological polar surface area (TPSA) is 58.1 Å². The van der Waals surface area contributed by atoms with Gasteiger partial charge in [0.2, 0.25) is 11.0 Å². The molecule has 0 unspecified atom stereocenters. The number of amides is 1. The fourth-order valence-corrected chi connectivity index (χ4v) is 2.65. The number of likely N-dealkylation sites (tertiary alicyclic amines) is 1. The molecule has 1 saturated heterocycles. The van der Waals surface area contributed by atoms with E-state index in [-0.39, 0.29) is 5.91 Å². The normalized spacial score (nSPS) is 20.0. The number of hydrogen-bond acceptors (Lipinski definition) is 5. The van der Waals surface area contributed by atoms with Crippen LogP contribution in [-0.4, -0.2) is 39.3 Å². The molecule has 17 heavy (non-hydrogen) atoms. The molecule has 94 valence electrons. The highest BCUT2D eigenvalue weighted by atomic mass is 32.1. The van der Waals surface area contributed by atoms with Crippen molar-refractivity contribution in [1.82, 2.24) is 14.3 Å². The van der Waals surface area contributed by atoms with E-state index >= 15 is 0 Å². The highest BCUT2D eigenvalue weighted by Gasteiger charge is 2.24. The summed E-state index contributed by atoms with van der Waals surface area (Å²) in [6, 6.07) is 0.312. The summed E-state index contributed by atoms with van der Waals surface area (Å²) < 4.78 is 4.30. The molecule has 1 fully saturated rings. The summed E-state index contributed by atoms with van der Waals surface area (Å²) in [5.74, 6) is 1.40. The molecule has 0 saturated carbocycles. The molecule has 5 nitrogen and oxygen atoms in total. The van der Waals surface area contributed by atoms with Gasteiger partial charge in [-0.25, -0.2) is 4.98 Å². The van der Waals surface area contributed by atoms with E-state index < -0.39 is 0 Å². The van der Waals surface area contributed by atoms with Crippen molar-refractivity contribution < 1.29 is 4.79 Å². The number of carbonyl (C=O) groups excluding carboxylic acids is 1. The van der Waals surface area contributed by atoms with Crippen LogP contribution in [0.2, 0.25) is 0 Å². The zero-order chi connectivity index (χ0) is 12.4. The van der Waals surface area contributed by atoms with Gasteiger partial charge in [-0.05, 0) is 6.42 Å². The summed E-state index contributed by atoms with van der Waals surface area (Å²) in [5.41, 5.74) is 0. The molecule has 0 radical (unpaired) electrons. The van der Waals surface area contributed by atoms with E-state index in [9.17, 15) is 4.79 Å². The summed E-state index contributed by atoms with van der Waals surface area (Å²) in [6.07, 6.45) is 0.982. The summed E-state index contributed by atoms with van der Waals surface area (Å²) in [4.78, 5) is 17.5. The van der Waals surface area contributed by atoms with Gasteiger partial charge in [-0.15, -0.1) is 0 Å². The van der Waals surface area contributed by atoms with Crippen LogP contribution in [0, 0.1) is 0 Å². The second-order valence-corrected chi connectivity index (χ2v) is 5.46. The fourth-order valence-electron chi connectivity index (χ4n) is 1.87. The second-order valence-electron chi connectivity index (χ2n) is 4.71. The van der Waals surface area contributed by atoms with E-state index in [1.54, 1.807) is 6.92 Å². The lowest BCUT2D eigenvalue weighted by Crippen LogP contribution is -2.29. The minimum absolute atomic E-state index is 0.148. The van der Waals surface area contributed by atoms with Crippen LogP contribution in [0.4, 0.5) is 5.13 Å². The van der Waals surface area contributed by atoms with Crippen LogP contribution < -0.4 is 5.32 Å². The van der Waals surface area contributed by atoms with Gasteiger partial charge in [0.15, 0.2) is 0 Å². The van der Waals surface area contributed by atoms with E-state index in [1.807, 2.05) is 4.90 Å². The number of nitrogens with zero attached hydrogens (tertiary/aromatic N) is 3. The molecule has 0 spiro atoms. The van der Waals surface area contributed by atoms with Gasteiger partial charge >= 0.3 is 0 Å². The van der Waals surface area contributed by atoms with Crippen LogP contribution in [0.1, 0.15) is 38.9 Å². The molecule has 1 aromatic heterocycles. The summed E-state index contributed by atoms with van der Waals surface area (Å²) >= 11 is 1.40. The first-order valence-corrected chi connectivity index (χ1v) is 6.69. The Morgan fingerprint density at radius 2 is 2.35 bits per heavy atom. The molecule has 2 rings (SSSR count). The Morgan fingerprint density at radius 3 is 2.88 bits per heavy atom. The monoisotopic (exact) mass is 254 g/mol. The molecule has 0 aromatic carbocycles. The molecule has 0 aliphatic carbocycles. The lowest BCUT2D eigenvalue weighted by Gasteiger charge is -2.14. The van der Waals surface area contributed by atoms with Gasteiger partial charge in [-0.1, -0.05) is 13.8 Å². The predicted octanol–water partition coefficient (Wildman–Crippen LogP) is 1.69. The van der Waals surface area contributed by atoms with Crippen LogP contribution in [0.15, 0.2) is 0 Å². The maximum atomic E-state index is 11.2. The molecule has 0 bridgehead atoms. The molecule has 1 aliphatic heterocycles. The molecule has 2 heterocycles. The van der Waals surface area contributed by atoms with Gasteiger partial charge in [0.25, 0.3) is 0 Å². The Bertz CT molecular complexity index is 404. The smallest absolute Gasteiger partial charge is 0.219 e. The van der Waals surface area contributed by atoms with Crippen molar-refractivity contribution in [2.75, 3.05) is 18.4 Å². The Kier molecular flexibility index (Phi) is 3.61. The molecule has 1 amide bonds. The maximum absolute atomic E-state index is 11.2. The van der Waals surface area contributed by atoms with Crippen molar-refractivity contribution in [2.45, 2.75) is 39.2 Å². The first-order chi connectivity index (χ1) is 8.06. The van der Waals surface area contributed by atoms with Gasteiger partial charge < -0.3 is 10.2 Å². The lowest BCUT2D eigenvalue weighted by atomic mass is 10.2. The number of anilines is 1. The summed E-state index contributed by atoms with van der Waals surface area (Å²) in [6.45, 7) is 7.39. The first kappa shape index (κ1) is 12.3. The van der Waals surface area contributed by atoms with Gasteiger partial charge in [-0.3, -0.25) is 4.79 Å². The van der Waals surface area contributed by atoms with Crippen LogP contribution in [0.25, 0.3) is 0 Å². The Morgan fingerprint density at radius 1 is 1.59 bits per heavy atom. The minimum Gasteiger partial charge on any atom is -0.356 e. The van der Waals surface area contributed by atoms with E-state index in [1.165, 1.54) is 11.5 Å². The number of hydrogen-bond donors (Lipinski definition) is 1. The van der Waals surface area contributed by atoms with Crippen molar-refractivity contribution in [3.8, 4) is 0 Å². The van der Waals surface area contributed by atoms with E-state index in [0.29, 0.717) is 12.0 Å². The van der Waals surface area contributed by atoms with Crippen molar-refractivity contribution >= 4 is 22.6 Å². The third-order valence-electron chi connectivity index (χ3n) is 2.92. The number of nitrogens with one attached hydrogen (secondary N) is 1. The molecule has 6 heteroatoms. The number of aromatic nitrogens is 2. The highest BCUT2D eigenvalue weighted by molar-refractivity contribution is 7.09. The molecular formula is C11H18N4OS. The highest BCUT2D eigenvalue weighted by Crippen LogP contribution is 2.20. The lowest BCUT2D eigenvalue weighted by molar-refractivity contribution is -0.127. The molecule has 1 aliphatic rings. The van der Waals surface area contributed by atoms with Crippen molar-refractivity contribution in [2.24, 2.45) is 0 Å². The Balaban J connectivity index is 1.91. The number of rotatable bonds is 3. The Labute approximate surface area is 105 Å². The maximum Gasteiger partial charge on any atom is 0.219 e. The average molecular weight is 254 g/mol. The SMILES string of the molecule is CC(=O)N1CC[C@@H](Nc2nc(C(C)C)ns2)C1. The quantitative estimate of drug-likeness (QED) is 0.892. The third-order valence-corrected chi connectivity index (χ3v) is 3.58. The van der Waals surface area contributed by atoms with E-state index in [4.69, 9.17) is 0 Å². The average Bonchev–Trinajstić information content (AvgIpc) is 2.87. The zero-order valence-electron chi connectivity index (χ0n) is 10.4. The van der Waals surface area contributed by atoms with Crippen molar-refractivity contribution in [3.05, 3.63) is 5.82 Å². The van der Waals surface area contributed by atoms with Crippen LogP contribution in [0.5, 0.6) is 0 Å². The molecule has 1 N–H and O–H groups in total. The zero-order valence-corrected chi connectivity index (χ0v) is 11.3. The molecule has 1 aromatic rings. The molecular weight excluding hydrogens is 236 g/mol. The van der Waals surface area contributed by atoms with E-state index in [2.05, 4.69) is 28.5 Å². The van der Waals surface area contributed by atoms with Crippen LogP contribution in [-0.2, 0) is 4.79 Å². The van der Waals surface area contributed by atoms with Gasteiger partial charge in [0.1, 0.15) is 5.82 Å². The van der Waals surface area contributed by atoms with Gasteiger partial charge in [0, 0.05) is 43.5 Å². The summed E-state index contributed by atoms with van der Waals surface area (Å²) in [7, 11) is 0. The summed E-state index contributed by atoms with van der Waals surface area (Å²) in [5, 5.41) is 4.22. The van der Waals surface area contributed by atoms with Crippen molar-refractivity contribution in [1.29, 1.82) is 0 Å². The Hall–Kier alpha value is -1.17. The predicted molar refractivity (Wildman–Crippen MR) is 68.3 cm³/mol. The number of carbonyl (C=O) groups is 1. The van der Waals surface area contributed by atoms with Gasteiger partial charge in [-0.2, -0.15) is 4.37 Å². The van der Waals surface area contributed by atoms with Crippen LogP contribution in [0.3, 0.4) is 0 Å². The van der Waals surface area contributed by atoms with Gasteiger partial charge in [0.05, 0.1) is 0 Å². The van der Waals surface area contributed by atoms with Crippen molar-refractivity contribution in [3.63, 3.8) is 0 Å². The minimum atomic E-state index is 0.148. The van der Waals surface area contributed by atoms with E-state index in [0.717, 1.165) is 30.5 Å². The standard InChI is InChI=1S/C11H18N4OS/c1-7(2)10-13-11(17-14-10)12-9-4-5-15(6-9)8(3)16/h7,9H,4-6H2,1-3H3,(H,12,13,14)/t9-/m1/s1. The second kappa shape index (κ2) is 5.00.